The van der Waals surface area contributed by atoms with Gasteiger partial charge in [0.15, 0.2) is 0 Å². The number of hydrogen-bond donors (Lipinski definition) is 0. The smallest absolute Gasteiger partial charge is 0.143 e. The predicted molar refractivity (Wildman–Crippen MR) is 230 cm³/mol. The van der Waals surface area contributed by atoms with E-state index in [9.17, 15) is 0 Å². The van der Waals surface area contributed by atoms with Crippen LogP contribution in [0.3, 0.4) is 0 Å². The third kappa shape index (κ3) is 3.88. The normalized spacial score (nSPS) is 13.5. The third-order valence-corrected chi connectivity index (χ3v) is 12.4. The summed E-state index contributed by atoms with van der Waals surface area (Å²) < 4.78 is 6.78. The van der Waals surface area contributed by atoms with Gasteiger partial charge in [0, 0.05) is 21.8 Å². The van der Waals surface area contributed by atoms with Crippen LogP contribution in [0.4, 0.5) is 0 Å². The minimum Gasteiger partial charge on any atom is -0.455 e. The number of benzene rings is 10. The van der Waals surface area contributed by atoms with Crippen LogP contribution in [0, 0.1) is 0 Å². The van der Waals surface area contributed by atoms with Crippen molar-refractivity contribution in [2.45, 2.75) is 19.3 Å². The summed E-state index contributed by atoms with van der Waals surface area (Å²) in [5.74, 6) is 0. The van der Waals surface area contributed by atoms with Gasteiger partial charge in [-0.3, -0.25) is 0 Å². The van der Waals surface area contributed by atoms with Crippen molar-refractivity contribution in [1.29, 1.82) is 0 Å². The first-order valence-electron chi connectivity index (χ1n) is 18.9. The van der Waals surface area contributed by atoms with Crippen LogP contribution in [0.25, 0.3) is 109 Å². The van der Waals surface area contributed by atoms with Crippen molar-refractivity contribution in [3.63, 3.8) is 0 Å². The standard InChI is InChI=1S/C53H34O/c1-53(2)46-22-12-11-21-43(46)51-47(53)27-26-42-45-30-32(24-28-48(45)54-52(42)51)50-40-19-9-7-17-38(40)49(39-18-8-10-20-41(39)50)31-23-25-37-35-15-4-3-13-33(35)34-14-5-6-16-36(34)44(37)29-31/h3-30H,1-2H3. The molecule has 1 aliphatic carbocycles. The first-order valence-corrected chi connectivity index (χ1v) is 18.9. The molecule has 54 heavy (non-hydrogen) atoms. The van der Waals surface area contributed by atoms with Crippen molar-refractivity contribution in [1.82, 2.24) is 0 Å². The maximum absolute atomic E-state index is 6.78. The van der Waals surface area contributed by atoms with Crippen LogP contribution in [-0.2, 0) is 5.41 Å². The summed E-state index contributed by atoms with van der Waals surface area (Å²) in [5, 5.41) is 15.1. The molecule has 0 N–H and O–H groups in total. The minimum absolute atomic E-state index is 0.0737. The fourth-order valence-corrected chi connectivity index (χ4v) is 9.99. The van der Waals surface area contributed by atoms with Crippen molar-refractivity contribution in [2.24, 2.45) is 0 Å². The molecule has 1 aliphatic rings. The average Bonchev–Trinajstić information content (AvgIpc) is 3.71. The van der Waals surface area contributed by atoms with Gasteiger partial charge in [-0.25, -0.2) is 0 Å². The predicted octanol–water partition coefficient (Wildman–Crippen LogP) is 15.0. The van der Waals surface area contributed by atoms with Crippen LogP contribution in [0.1, 0.15) is 25.0 Å². The molecule has 0 saturated heterocycles. The molecule has 0 saturated carbocycles. The summed E-state index contributed by atoms with van der Waals surface area (Å²) in [6.45, 7) is 4.65. The maximum Gasteiger partial charge on any atom is 0.143 e. The molecule has 0 atom stereocenters. The summed E-state index contributed by atoms with van der Waals surface area (Å²) in [7, 11) is 0. The summed E-state index contributed by atoms with van der Waals surface area (Å²) in [4.78, 5) is 0. The molecule has 0 unspecified atom stereocenters. The Hall–Kier alpha value is -6.70. The second kappa shape index (κ2) is 10.7. The Bertz CT molecular complexity index is 3320. The Morgan fingerprint density at radius 2 is 0.778 bits per heavy atom. The molecule has 10 aromatic carbocycles. The SMILES string of the molecule is CC1(C)c2ccccc2-c2c1ccc1c2oc2ccc(-c3c4ccccc4c(-c4ccc5c6ccccc6c6ccccc6c5c4)c4ccccc34)cc21. The van der Waals surface area contributed by atoms with Crippen LogP contribution in [0.15, 0.2) is 174 Å². The molecule has 0 bridgehead atoms. The minimum atomic E-state index is -0.0737. The van der Waals surface area contributed by atoms with Crippen molar-refractivity contribution in [2.75, 3.05) is 0 Å². The Morgan fingerprint density at radius 3 is 1.37 bits per heavy atom. The molecule has 0 amide bonds. The Morgan fingerprint density at radius 1 is 0.333 bits per heavy atom. The van der Waals surface area contributed by atoms with Gasteiger partial charge in [-0.1, -0.05) is 166 Å². The average molecular weight is 687 g/mol. The summed E-state index contributed by atoms with van der Waals surface area (Å²) in [6, 6.07) is 62.9. The summed E-state index contributed by atoms with van der Waals surface area (Å²) in [5.41, 5.74) is 12.0. The van der Waals surface area contributed by atoms with E-state index >= 15 is 0 Å². The van der Waals surface area contributed by atoms with Gasteiger partial charge in [-0.15, -0.1) is 0 Å². The number of fused-ring (bicyclic) bond motifs is 15. The van der Waals surface area contributed by atoms with Gasteiger partial charge in [0.05, 0.1) is 0 Å². The molecule has 11 aromatic rings. The Labute approximate surface area is 312 Å². The molecule has 252 valence electrons. The van der Waals surface area contributed by atoms with Gasteiger partial charge < -0.3 is 4.42 Å². The van der Waals surface area contributed by atoms with Crippen LogP contribution >= 0.6 is 0 Å². The zero-order chi connectivity index (χ0) is 35.7. The van der Waals surface area contributed by atoms with Crippen molar-refractivity contribution >= 4 is 75.8 Å². The molecule has 1 heterocycles. The monoisotopic (exact) mass is 686 g/mol. The highest BCUT2D eigenvalue weighted by Crippen LogP contribution is 2.53. The van der Waals surface area contributed by atoms with E-state index in [0.29, 0.717) is 0 Å². The first kappa shape index (κ1) is 29.8. The lowest BCUT2D eigenvalue weighted by molar-refractivity contribution is 0.653. The van der Waals surface area contributed by atoms with E-state index in [1.165, 1.54) is 104 Å². The Kier molecular flexibility index (Phi) is 5.90. The highest BCUT2D eigenvalue weighted by Gasteiger charge is 2.37. The van der Waals surface area contributed by atoms with E-state index < -0.39 is 0 Å². The number of rotatable bonds is 2. The van der Waals surface area contributed by atoms with E-state index in [0.717, 1.165) is 16.6 Å². The lowest BCUT2D eigenvalue weighted by atomic mass is 9.82. The van der Waals surface area contributed by atoms with E-state index in [1.54, 1.807) is 0 Å². The highest BCUT2D eigenvalue weighted by molar-refractivity contribution is 6.27. The van der Waals surface area contributed by atoms with Crippen LogP contribution in [0.5, 0.6) is 0 Å². The zero-order valence-electron chi connectivity index (χ0n) is 30.1. The molecule has 1 heteroatoms. The molecule has 1 aromatic heterocycles. The molecule has 0 spiro atoms. The van der Waals surface area contributed by atoms with Gasteiger partial charge in [-0.05, 0) is 111 Å². The van der Waals surface area contributed by atoms with Crippen LogP contribution in [-0.4, -0.2) is 0 Å². The Balaban J connectivity index is 1.12. The van der Waals surface area contributed by atoms with E-state index in [1.807, 2.05) is 0 Å². The first-order chi connectivity index (χ1) is 26.6. The molecule has 1 nitrogen and oxygen atoms in total. The van der Waals surface area contributed by atoms with Gasteiger partial charge in [-0.2, -0.15) is 0 Å². The summed E-state index contributed by atoms with van der Waals surface area (Å²) >= 11 is 0. The van der Waals surface area contributed by atoms with Crippen LogP contribution < -0.4 is 0 Å². The lowest BCUT2D eigenvalue weighted by Crippen LogP contribution is -2.14. The summed E-state index contributed by atoms with van der Waals surface area (Å²) in [6.07, 6.45) is 0. The fourth-order valence-electron chi connectivity index (χ4n) is 9.99. The lowest BCUT2D eigenvalue weighted by Gasteiger charge is -2.21. The van der Waals surface area contributed by atoms with Gasteiger partial charge in [0.2, 0.25) is 0 Å². The highest BCUT2D eigenvalue weighted by atomic mass is 16.3. The second-order valence-corrected chi connectivity index (χ2v) is 15.5. The van der Waals surface area contributed by atoms with Gasteiger partial charge in [0.1, 0.15) is 11.2 Å². The van der Waals surface area contributed by atoms with Crippen molar-refractivity contribution < 1.29 is 4.42 Å². The molecule has 0 aliphatic heterocycles. The van der Waals surface area contributed by atoms with Crippen molar-refractivity contribution in [3.05, 3.63) is 181 Å². The maximum atomic E-state index is 6.78. The van der Waals surface area contributed by atoms with Gasteiger partial charge in [0.25, 0.3) is 0 Å². The molecule has 0 radical (unpaired) electrons. The molecular formula is C53H34O. The second-order valence-electron chi connectivity index (χ2n) is 15.5. The van der Waals surface area contributed by atoms with E-state index in [2.05, 4.69) is 184 Å². The fraction of sp³-hybridized carbons (Fsp3) is 0.0566. The zero-order valence-corrected chi connectivity index (χ0v) is 30.1. The molecule has 12 rings (SSSR count). The number of hydrogen-bond acceptors (Lipinski definition) is 1. The van der Waals surface area contributed by atoms with Crippen molar-refractivity contribution in [3.8, 4) is 33.4 Å². The van der Waals surface area contributed by atoms with Gasteiger partial charge >= 0.3 is 0 Å². The van der Waals surface area contributed by atoms with Crippen LogP contribution in [0.2, 0.25) is 0 Å². The third-order valence-electron chi connectivity index (χ3n) is 12.4. The topological polar surface area (TPSA) is 13.1 Å². The van der Waals surface area contributed by atoms with E-state index in [-0.39, 0.29) is 5.41 Å². The quantitative estimate of drug-likeness (QED) is 0.130. The number of furan rings is 1. The largest absolute Gasteiger partial charge is 0.455 e. The molecular weight excluding hydrogens is 653 g/mol. The van der Waals surface area contributed by atoms with E-state index in [4.69, 9.17) is 4.42 Å². The molecule has 0 fully saturated rings.